The van der Waals surface area contributed by atoms with E-state index in [1.807, 2.05) is 0 Å². The normalized spacial score (nSPS) is 15.8. The largest absolute Gasteiger partial charge is 0.474 e. The maximum Gasteiger partial charge on any atom is 0.474 e. The Morgan fingerprint density at radius 1 is 1.07 bits per heavy atom. The Morgan fingerprint density at radius 3 is 1.95 bits per heavy atom. The number of carbonyl (C=O) groups excluding carboxylic acids is 2. The number of phosphoric acid groups is 1. The van der Waals surface area contributed by atoms with Gasteiger partial charge in [0.2, 0.25) is 6.30 Å². The molecule has 41 heavy (non-hydrogen) atoms. The molecule has 0 amide bonds. The first kappa shape index (κ1) is 37.7. The number of hydrogen-bond donors (Lipinski definition) is 3. The highest BCUT2D eigenvalue weighted by Crippen LogP contribution is 2.50. The molecule has 3 atom stereocenters. The van der Waals surface area contributed by atoms with Crippen molar-refractivity contribution >= 4 is 47.4 Å². The molecule has 0 saturated carbocycles. The summed E-state index contributed by atoms with van der Waals surface area (Å²) in [7, 11) is -3.30. The second-order valence-electron chi connectivity index (χ2n) is 11.0. The van der Waals surface area contributed by atoms with Crippen LogP contribution in [0.4, 0.5) is 10.2 Å². The Balaban J connectivity index is 3.06. The van der Waals surface area contributed by atoms with Crippen LogP contribution in [-0.2, 0) is 32.5 Å². The van der Waals surface area contributed by atoms with Crippen molar-refractivity contribution in [3.05, 3.63) is 22.7 Å². The molecular weight excluding hydrogens is 602 g/mol. The van der Waals surface area contributed by atoms with Gasteiger partial charge in [0.25, 0.3) is 0 Å². The number of carbonyl (C=O) groups is 2. The summed E-state index contributed by atoms with van der Waals surface area (Å²) in [4.78, 5) is 39.9. The van der Waals surface area contributed by atoms with Crippen molar-refractivity contribution in [2.24, 2.45) is 16.6 Å². The van der Waals surface area contributed by atoms with Crippen molar-refractivity contribution in [2.75, 3.05) is 50.7 Å². The van der Waals surface area contributed by atoms with Gasteiger partial charge in [0.05, 0.1) is 19.8 Å². The summed E-state index contributed by atoms with van der Waals surface area (Å²) in [6.45, 7) is 8.78. The summed E-state index contributed by atoms with van der Waals surface area (Å²) >= 11 is 1.95. The molecule has 236 valence electrons. The first-order valence-corrected chi connectivity index (χ1v) is 16.1. The number of halogens is 1. The van der Waals surface area contributed by atoms with Gasteiger partial charge < -0.3 is 21.3 Å². The summed E-state index contributed by atoms with van der Waals surface area (Å²) in [5, 5.41) is 10.6. The number of anilines is 1. The van der Waals surface area contributed by atoms with Gasteiger partial charge in [-0.2, -0.15) is 4.98 Å². The van der Waals surface area contributed by atoms with Crippen LogP contribution in [-0.4, -0.2) is 81.6 Å². The van der Waals surface area contributed by atoms with E-state index in [-0.39, 0.29) is 40.8 Å². The molecule has 17 heteroatoms. The fourth-order valence-electron chi connectivity index (χ4n) is 2.84. The number of nitrogens with two attached hydrogens (primary N) is 2. The van der Waals surface area contributed by atoms with E-state index in [0.29, 0.717) is 4.57 Å². The van der Waals surface area contributed by atoms with Crippen LogP contribution in [0.3, 0.4) is 0 Å². The molecule has 0 aromatic carbocycles. The number of aromatic nitrogens is 2. The zero-order valence-corrected chi connectivity index (χ0v) is 27.0. The lowest BCUT2D eigenvalue weighted by atomic mass is 9.96. The molecule has 0 unspecified atom stereocenters. The Labute approximate surface area is 248 Å². The molecular formula is C24H42FN4O9PS2. The third-order valence-electron chi connectivity index (χ3n) is 5.49. The molecule has 0 saturated heterocycles. The van der Waals surface area contributed by atoms with Crippen LogP contribution >= 0.6 is 31.3 Å². The van der Waals surface area contributed by atoms with Crippen LogP contribution in [0.1, 0.15) is 47.8 Å². The monoisotopic (exact) mass is 644 g/mol. The Bertz CT molecular complexity index is 1090. The maximum atomic E-state index is 15.3. The SMILES string of the molecule is CO[C@](CN)(COP(=O)(OCCSC(=O)C(C)(C)C)OCCSC(=O)C(C)(C)C)[C@@H](O)[C@@H](F)n1ccc(N)nc1=O. The average Bonchev–Trinajstić information content (AvgIpc) is 2.88. The Morgan fingerprint density at radius 2 is 1.56 bits per heavy atom. The lowest BCUT2D eigenvalue weighted by Gasteiger charge is -2.37. The van der Waals surface area contributed by atoms with E-state index < -0.39 is 55.5 Å². The van der Waals surface area contributed by atoms with E-state index in [9.17, 15) is 24.1 Å². The number of methoxy groups -OCH3 is 1. The number of ether oxygens (including phenoxy) is 1. The van der Waals surface area contributed by atoms with E-state index in [1.165, 1.54) is 0 Å². The van der Waals surface area contributed by atoms with Crippen molar-refractivity contribution in [1.82, 2.24) is 9.55 Å². The van der Waals surface area contributed by atoms with Gasteiger partial charge >= 0.3 is 13.5 Å². The molecule has 1 heterocycles. The lowest BCUT2D eigenvalue weighted by molar-refractivity contribution is -0.157. The number of aliphatic hydroxyl groups excluding tert-OH is 1. The molecule has 13 nitrogen and oxygen atoms in total. The fraction of sp³-hybridized carbons (Fsp3) is 0.750. The van der Waals surface area contributed by atoms with Crippen molar-refractivity contribution < 1.29 is 42.0 Å². The minimum atomic E-state index is -4.42. The van der Waals surface area contributed by atoms with E-state index in [0.717, 1.165) is 42.9 Å². The van der Waals surface area contributed by atoms with E-state index in [1.54, 1.807) is 41.5 Å². The summed E-state index contributed by atoms with van der Waals surface area (Å²) in [5.74, 6) is 0.102. The van der Waals surface area contributed by atoms with E-state index >= 15 is 4.39 Å². The van der Waals surface area contributed by atoms with Crippen LogP contribution in [0.5, 0.6) is 0 Å². The molecule has 0 spiro atoms. The van der Waals surface area contributed by atoms with Gasteiger partial charge in [0, 0.05) is 42.2 Å². The third kappa shape index (κ3) is 11.7. The molecule has 0 bridgehead atoms. The molecule has 1 rings (SSSR count). The maximum absolute atomic E-state index is 15.3. The van der Waals surface area contributed by atoms with Crippen molar-refractivity contribution in [1.29, 1.82) is 0 Å². The molecule has 0 aliphatic rings. The summed E-state index contributed by atoms with van der Waals surface area (Å²) in [5.41, 5.74) is 6.97. The van der Waals surface area contributed by atoms with Gasteiger partial charge in [0.1, 0.15) is 17.5 Å². The predicted octanol–water partition coefficient (Wildman–Crippen LogP) is 2.77. The molecule has 0 fully saturated rings. The Hall–Kier alpha value is -1.36. The minimum absolute atomic E-state index is 0.110. The zero-order chi connectivity index (χ0) is 31.6. The first-order chi connectivity index (χ1) is 18.8. The van der Waals surface area contributed by atoms with Gasteiger partial charge in [-0.3, -0.25) is 27.7 Å². The molecule has 1 aromatic rings. The van der Waals surface area contributed by atoms with Crippen LogP contribution in [0, 0.1) is 10.8 Å². The first-order valence-electron chi connectivity index (χ1n) is 12.6. The second-order valence-corrected chi connectivity index (χ2v) is 14.8. The number of phosphoric ester groups is 1. The van der Waals surface area contributed by atoms with Gasteiger partial charge in [-0.15, -0.1) is 0 Å². The molecule has 1 aromatic heterocycles. The third-order valence-corrected chi connectivity index (χ3v) is 9.43. The number of rotatable bonds is 16. The van der Waals surface area contributed by atoms with Gasteiger partial charge in [-0.1, -0.05) is 65.1 Å². The van der Waals surface area contributed by atoms with Crippen molar-refractivity contribution in [3.63, 3.8) is 0 Å². The van der Waals surface area contributed by atoms with E-state index in [2.05, 4.69) is 4.98 Å². The summed E-state index contributed by atoms with van der Waals surface area (Å²) in [6, 6.07) is 1.16. The average molecular weight is 645 g/mol. The standard InChI is InChI=1S/C24H42FN4O9PS2/c1-22(2,3)19(31)40-12-10-36-39(34,37-11-13-41-20(32)23(4,5)6)38-15-24(14-26,35-7)17(30)18(25)29-9-8-16(27)28-21(29)33/h8-9,17-18,30H,10-15,26H2,1-7H3,(H2,27,28,33)/t17-,18-,24+/m0/s1. The molecule has 0 radical (unpaired) electrons. The highest BCUT2D eigenvalue weighted by atomic mass is 32.2. The second kappa shape index (κ2) is 15.9. The van der Waals surface area contributed by atoms with Gasteiger partial charge in [-0.25, -0.2) is 13.8 Å². The highest BCUT2D eigenvalue weighted by Gasteiger charge is 2.46. The number of hydrogen-bond acceptors (Lipinski definition) is 14. The predicted molar refractivity (Wildman–Crippen MR) is 157 cm³/mol. The topological polar surface area (TPSA) is 195 Å². The smallest absolute Gasteiger partial charge is 0.385 e. The van der Waals surface area contributed by atoms with Crippen molar-refractivity contribution in [2.45, 2.75) is 59.5 Å². The van der Waals surface area contributed by atoms with Crippen molar-refractivity contribution in [3.8, 4) is 0 Å². The quantitative estimate of drug-likeness (QED) is 0.175. The molecule has 0 aliphatic heterocycles. The zero-order valence-electron chi connectivity index (χ0n) is 24.5. The number of thioether (sulfide) groups is 2. The number of nitrogens with zero attached hydrogens (tertiary/aromatic N) is 2. The lowest BCUT2D eigenvalue weighted by Crippen LogP contribution is -2.56. The number of aliphatic hydroxyl groups is 1. The summed E-state index contributed by atoms with van der Waals surface area (Å²) < 4.78 is 50.9. The number of alkyl halides is 1. The van der Waals surface area contributed by atoms with Crippen LogP contribution < -0.4 is 17.2 Å². The Kier molecular flexibility index (Phi) is 14.6. The van der Waals surface area contributed by atoms with Gasteiger partial charge in [-0.05, 0) is 6.07 Å². The van der Waals surface area contributed by atoms with Crippen LogP contribution in [0.2, 0.25) is 0 Å². The van der Waals surface area contributed by atoms with Crippen LogP contribution in [0.25, 0.3) is 0 Å². The van der Waals surface area contributed by atoms with E-state index in [4.69, 9.17) is 29.8 Å². The number of nitrogen functional groups attached to an aromatic ring is 1. The summed E-state index contributed by atoms with van der Waals surface area (Å²) in [6.07, 6.45) is -3.50. The minimum Gasteiger partial charge on any atom is -0.385 e. The van der Waals surface area contributed by atoms with Crippen LogP contribution in [0.15, 0.2) is 17.1 Å². The highest BCUT2D eigenvalue weighted by molar-refractivity contribution is 8.14. The molecule has 0 aliphatic carbocycles. The fourth-order valence-corrected chi connectivity index (χ4v) is 5.89. The molecule has 5 N–H and O–H groups in total. The van der Waals surface area contributed by atoms with Gasteiger partial charge in [0.15, 0.2) is 10.2 Å².